The van der Waals surface area contributed by atoms with Crippen LogP contribution in [0.15, 0.2) is 23.0 Å². The van der Waals surface area contributed by atoms with Gasteiger partial charge >= 0.3 is 5.97 Å². The molecule has 3 aliphatic rings. The molecule has 4 N–H and O–H groups in total. The highest BCUT2D eigenvalue weighted by Gasteiger charge is 2.45. The van der Waals surface area contributed by atoms with E-state index in [0.29, 0.717) is 36.5 Å². The van der Waals surface area contributed by atoms with Crippen molar-refractivity contribution in [3.63, 3.8) is 0 Å². The smallest absolute Gasteiger partial charge is 0.343 e. The van der Waals surface area contributed by atoms with E-state index in [0.717, 1.165) is 40.4 Å². The van der Waals surface area contributed by atoms with Crippen molar-refractivity contribution in [2.75, 3.05) is 5.32 Å². The van der Waals surface area contributed by atoms with E-state index in [9.17, 15) is 29.1 Å². The minimum Gasteiger partial charge on any atom is -0.458 e. The predicted octanol–water partition coefficient (Wildman–Crippen LogP) is 3.20. The van der Waals surface area contributed by atoms with Crippen LogP contribution in [0.2, 0.25) is 0 Å². The Morgan fingerprint density at radius 3 is 2.42 bits per heavy atom. The van der Waals surface area contributed by atoms with Gasteiger partial charge in [-0.15, -0.1) is 0 Å². The third-order valence-electron chi connectivity index (χ3n) is 9.80. The molecule has 2 aliphatic heterocycles. The summed E-state index contributed by atoms with van der Waals surface area (Å²) in [7, 11) is 0. The number of hydrogen-bond acceptors (Lipinski definition) is 8. The molecule has 0 unspecified atom stereocenters. The van der Waals surface area contributed by atoms with Gasteiger partial charge in [-0.1, -0.05) is 34.6 Å². The van der Waals surface area contributed by atoms with Gasteiger partial charge in [0.15, 0.2) is 5.60 Å². The number of esters is 1. The van der Waals surface area contributed by atoms with Crippen LogP contribution in [-0.4, -0.2) is 50.4 Å². The molecule has 0 saturated heterocycles. The number of rotatable bonds is 9. The zero-order valence-corrected chi connectivity index (χ0v) is 28.3. The Bertz CT molecular complexity index is 1930. The van der Waals surface area contributed by atoms with E-state index in [4.69, 9.17) is 9.72 Å². The Morgan fingerprint density at radius 2 is 1.73 bits per heavy atom. The number of nitrogens with one attached hydrogen (secondary N) is 3. The van der Waals surface area contributed by atoms with Crippen molar-refractivity contribution in [3.05, 3.63) is 56.4 Å². The van der Waals surface area contributed by atoms with Crippen LogP contribution in [0.4, 0.5) is 5.69 Å². The Hall–Kier alpha value is -4.58. The molecular weight excluding hydrogens is 614 g/mol. The van der Waals surface area contributed by atoms with Gasteiger partial charge < -0.3 is 30.4 Å². The number of fused-ring (bicyclic) bond motifs is 5. The van der Waals surface area contributed by atoms with Crippen LogP contribution in [0.5, 0.6) is 0 Å². The molecule has 0 spiro atoms. The van der Waals surface area contributed by atoms with Crippen LogP contribution >= 0.6 is 0 Å². The molecule has 4 heterocycles. The van der Waals surface area contributed by atoms with E-state index in [1.54, 1.807) is 24.5 Å². The van der Waals surface area contributed by atoms with Crippen molar-refractivity contribution in [1.82, 2.24) is 20.2 Å². The highest BCUT2D eigenvalue weighted by Crippen LogP contribution is 2.43. The molecule has 1 aromatic carbocycles. The average Bonchev–Trinajstić information content (AvgIpc) is 3.41. The summed E-state index contributed by atoms with van der Waals surface area (Å²) in [5.41, 5.74) is 3.82. The predicted molar refractivity (Wildman–Crippen MR) is 179 cm³/mol. The molecule has 12 nitrogen and oxygen atoms in total. The van der Waals surface area contributed by atoms with Gasteiger partial charge in [-0.3, -0.25) is 19.2 Å². The van der Waals surface area contributed by atoms with Crippen LogP contribution in [0.25, 0.3) is 22.3 Å². The zero-order valence-electron chi connectivity index (χ0n) is 28.3. The average molecular weight is 658 g/mol. The van der Waals surface area contributed by atoms with E-state index in [2.05, 4.69) is 16.0 Å². The van der Waals surface area contributed by atoms with Gasteiger partial charge in [-0.2, -0.15) is 0 Å². The first kappa shape index (κ1) is 33.3. The summed E-state index contributed by atoms with van der Waals surface area (Å²) in [5, 5.41) is 20.7. The van der Waals surface area contributed by atoms with Crippen molar-refractivity contribution in [2.24, 2.45) is 11.8 Å². The molecular formula is C36H43N5O7. The highest BCUT2D eigenvalue weighted by atomic mass is 16.6. The van der Waals surface area contributed by atoms with Crippen LogP contribution < -0.4 is 21.5 Å². The first-order chi connectivity index (χ1) is 22.7. The zero-order chi connectivity index (χ0) is 34.7. The monoisotopic (exact) mass is 657 g/mol. The number of ether oxygens (including phenoxy) is 1. The highest BCUT2D eigenvalue weighted by molar-refractivity contribution is 6.02. The summed E-state index contributed by atoms with van der Waals surface area (Å²) in [6.07, 6.45) is 2.67. The third-order valence-corrected chi connectivity index (χ3v) is 9.80. The Balaban J connectivity index is 1.29. The summed E-state index contributed by atoms with van der Waals surface area (Å²) >= 11 is 0. The molecule has 48 heavy (non-hydrogen) atoms. The molecule has 3 aromatic rings. The van der Waals surface area contributed by atoms with Gasteiger partial charge in [-0.05, 0) is 73.8 Å². The van der Waals surface area contributed by atoms with Crippen molar-refractivity contribution in [1.29, 1.82) is 0 Å². The first-order valence-electron chi connectivity index (χ1n) is 16.8. The van der Waals surface area contributed by atoms with E-state index in [1.807, 2.05) is 39.8 Å². The molecule has 3 atom stereocenters. The van der Waals surface area contributed by atoms with Gasteiger partial charge in [0.2, 0.25) is 17.7 Å². The first-order valence-corrected chi connectivity index (χ1v) is 16.8. The largest absolute Gasteiger partial charge is 0.458 e. The molecule has 0 bridgehead atoms. The Morgan fingerprint density at radius 1 is 1.00 bits per heavy atom. The summed E-state index contributed by atoms with van der Waals surface area (Å²) in [4.78, 5) is 70.1. The number of carbonyl (C=O) groups is 4. The van der Waals surface area contributed by atoms with Gasteiger partial charge in [0.25, 0.3) is 5.56 Å². The second-order valence-corrected chi connectivity index (χ2v) is 14.0. The molecule has 254 valence electrons. The lowest BCUT2D eigenvalue weighted by Gasteiger charge is -2.31. The van der Waals surface area contributed by atoms with Gasteiger partial charge in [-0.25, -0.2) is 9.78 Å². The molecule has 12 heteroatoms. The molecule has 0 saturated carbocycles. The maximum Gasteiger partial charge on any atom is 0.343 e. The third kappa shape index (κ3) is 5.55. The van der Waals surface area contributed by atoms with E-state index in [-0.39, 0.29) is 53.4 Å². The lowest BCUT2D eigenvalue weighted by atomic mass is 9.85. The number of pyridine rings is 2. The second-order valence-electron chi connectivity index (χ2n) is 14.0. The second kappa shape index (κ2) is 12.5. The molecule has 1 aliphatic carbocycles. The summed E-state index contributed by atoms with van der Waals surface area (Å²) in [6.45, 7) is 11.0. The topological polar surface area (TPSA) is 169 Å². The summed E-state index contributed by atoms with van der Waals surface area (Å²) in [5.74, 6) is -1.80. The number of aryl methyl sites for hydroxylation is 2. The van der Waals surface area contributed by atoms with Crippen LogP contribution in [0.1, 0.15) is 88.6 Å². The molecule has 0 radical (unpaired) electrons. The van der Waals surface area contributed by atoms with Crippen LogP contribution in [0, 0.1) is 11.8 Å². The number of aromatic nitrogens is 2. The van der Waals surface area contributed by atoms with Crippen molar-refractivity contribution in [2.45, 2.75) is 104 Å². The summed E-state index contributed by atoms with van der Waals surface area (Å²) < 4.78 is 6.84. The van der Waals surface area contributed by atoms with Gasteiger partial charge in [0.05, 0.1) is 29.0 Å². The number of anilines is 1. The van der Waals surface area contributed by atoms with Gasteiger partial charge in [0.1, 0.15) is 18.7 Å². The number of hydrogen-bond donors (Lipinski definition) is 4. The van der Waals surface area contributed by atoms with Crippen molar-refractivity contribution in [3.8, 4) is 11.4 Å². The number of benzene rings is 1. The number of carbonyl (C=O) groups excluding carboxylic acids is 4. The minimum absolute atomic E-state index is 0.0678. The molecule has 0 fully saturated rings. The fraction of sp³-hybridized carbons (Fsp3) is 0.500. The van der Waals surface area contributed by atoms with E-state index < -0.39 is 29.6 Å². The van der Waals surface area contributed by atoms with E-state index >= 15 is 0 Å². The lowest BCUT2D eigenvalue weighted by molar-refractivity contribution is -0.172. The maximum atomic E-state index is 13.7. The normalized spacial score (nSPS) is 18.9. The maximum absolute atomic E-state index is 13.7. The summed E-state index contributed by atoms with van der Waals surface area (Å²) in [6, 6.07) is 3.73. The molecule has 6 rings (SSSR count). The van der Waals surface area contributed by atoms with E-state index in [1.165, 1.54) is 0 Å². The number of aliphatic hydroxyl groups is 1. The van der Waals surface area contributed by atoms with Crippen LogP contribution in [-0.2, 0) is 55.5 Å². The van der Waals surface area contributed by atoms with Crippen molar-refractivity contribution >= 4 is 40.3 Å². The van der Waals surface area contributed by atoms with Crippen LogP contribution in [0.3, 0.4) is 0 Å². The molecule has 3 amide bonds. The Labute approximate surface area is 278 Å². The fourth-order valence-corrected chi connectivity index (χ4v) is 7.18. The number of amides is 3. The quantitative estimate of drug-likeness (QED) is 0.199. The standard InChI is InChI=1S/C36H43N5O7/c1-7-36(47)24-14-27-31-22(15-41(27)34(45)23(24)16-48-35(36)46)20-9-8-10-21-25(11-12-26(38-31)29(20)21)39-32(43)19(6)37-33(44)30(18(4)5)40-28(42)13-17(2)3/h11-12,14,17-19,30,47H,7-10,13,15-16H2,1-6H3,(H,37,44)(H,39,43)(H,40,42)/t19-,30-,36-/m0/s1. The Kier molecular flexibility index (Phi) is 8.65. The SMILES string of the molecule is CC[C@@]1(O)C(=O)OCc2c1cc1n(c2=O)Cc2c-1nc1ccc(NC(=O)[C@H](C)NC(=O)[C@@H](NC(=O)CC(C)C)C(C)C)c3c1c2CCC3. The minimum atomic E-state index is -1.90. The fourth-order valence-electron chi connectivity index (χ4n) is 7.18. The lowest BCUT2D eigenvalue weighted by Crippen LogP contribution is -2.53. The number of nitrogens with zero attached hydrogens (tertiary/aromatic N) is 2. The van der Waals surface area contributed by atoms with Crippen molar-refractivity contribution < 1.29 is 29.0 Å². The van der Waals surface area contributed by atoms with Gasteiger partial charge in [0, 0.05) is 28.6 Å². The number of cyclic esters (lactones) is 1. The molecule has 2 aromatic heterocycles.